The zero-order valence-electron chi connectivity index (χ0n) is 12.6. The van der Waals surface area contributed by atoms with E-state index >= 15 is 0 Å². The number of nitrogens with one attached hydrogen (secondary N) is 2. The molecule has 0 radical (unpaired) electrons. The Kier molecular flexibility index (Phi) is 4.69. The summed E-state index contributed by atoms with van der Waals surface area (Å²) in [6.45, 7) is 2.17. The lowest BCUT2D eigenvalue weighted by molar-refractivity contribution is 0.0976. The molecule has 2 aliphatic carbocycles. The number of halogens is 1. The summed E-state index contributed by atoms with van der Waals surface area (Å²) in [6, 6.07) is 7.28. The van der Waals surface area contributed by atoms with Gasteiger partial charge in [-0.25, -0.2) is 0 Å². The van der Waals surface area contributed by atoms with Crippen molar-refractivity contribution >= 4 is 34.8 Å². The van der Waals surface area contributed by atoms with Crippen molar-refractivity contribution in [2.24, 2.45) is 17.8 Å². The molecular weight excluding hydrogens is 316 g/mol. The van der Waals surface area contributed by atoms with E-state index in [4.69, 9.17) is 23.8 Å². The number of rotatable bonds is 3. The van der Waals surface area contributed by atoms with Gasteiger partial charge in [0.05, 0.1) is 10.6 Å². The fourth-order valence-corrected chi connectivity index (χ4v) is 4.57. The first-order chi connectivity index (χ1) is 10.5. The second kappa shape index (κ2) is 6.55. The van der Waals surface area contributed by atoms with E-state index in [1.54, 1.807) is 24.3 Å². The predicted molar refractivity (Wildman–Crippen MR) is 93.1 cm³/mol. The number of amides is 1. The van der Waals surface area contributed by atoms with Crippen LogP contribution in [0, 0.1) is 17.8 Å². The lowest BCUT2D eigenvalue weighted by Crippen LogP contribution is -2.46. The van der Waals surface area contributed by atoms with Crippen molar-refractivity contribution in [3.05, 3.63) is 34.9 Å². The van der Waals surface area contributed by atoms with Crippen molar-refractivity contribution in [2.45, 2.75) is 38.6 Å². The summed E-state index contributed by atoms with van der Waals surface area (Å²) in [5.41, 5.74) is 0.445. The Morgan fingerprint density at radius 2 is 2.09 bits per heavy atom. The van der Waals surface area contributed by atoms with Crippen LogP contribution in [0.2, 0.25) is 5.02 Å². The molecule has 3 rings (SSSR count). The highest BCUT2D eigenvalue weighted by atomic mass is 35.5. The molecule has 2 bridgehead atoms. The van der Waals surface area contributed by atoms with Gasteiger partial charge >= 0.3 is 0 Å². The molecule has 0 aliphatic heterocycles. The fourth-order valence-electron chi connectivity index (χ4n) is 4.07. The molecule has 2 N–H and O–H groups in total. The second-order valence-corrected chi connectivity index (χ2v) is 7.35. The van der Waals surface area contributed by atoms with Gasteiger partial charge in [0.2, 0.25) is 0 Å². The van der Waals surface area contributed by atoms with Crippen molar-refractivity contribution < 1.29 is 4.79 Å². The Morgan fingerprint density at radius 3 is 2.73 bits per heavy atom. The molecule has 0 unspecified atom stereocenters. The van der Waals surface area contributed by atoms with Gasteiger partial charge in [0.1, 0.15) is 0 Å². The molecular formula is C17H21ClN2OS. The number of thiocarbonyl (C=S) groups is 1. The van der Waals surface area contributed by atoms with Crippen molar-refractivity contribution in [2.75, 3.05) is 0 Å². The molecule has 2 aliphatic rings. The molecule has 1 amide bonds. The summed E-state index contributed by atoms with van der Waals surface area (Å²) in [4.78, 5) is 12.2. The summed E-state index contributed by atoms with van der Waals surface area (Å²) >= 11 is 11.3. The summed E-state index contributed by atoms with van der Waals surface area (Å²) in [5.74, 6) is 2.15. The first-order valence-corrected chi connectivity index (χ1v) is 8.69. The monoisotopic (exact) mass is 336 g/mol. The maximum atomic E-state index is 12.2. The average Bonchev–Trinajstić information content (AvgIpc) is 3.10. The molecule has 1 aromatic carbocycles. The van der Waals surface area contributed by atoms with Crippen LogP contribution in [-0.4, -0.2) is 17.1 Å². The van der Waals surface area contributed by atoms with Gasteiger partial charge in [0, 0.05) is 6.04 Å². The Morgan fingerprint density at radius 1 is 1.32 bits per heavy atom. The minimum absolute atomic E-state index is 0.261. The predicted octanol–water partition coefficient (Wildman–Crippen LogP) is 3.77. The Labute approximate surface area is 141 Å². The Balaban J connectivity index is 1.54. The highest BCUT2D eigenvalue weighted by molar-refractivity contribution is 7.80. The maximum absolute atomic E-state index is 12.2. The topological polar surface area (TPSA) is 41.1 Å². The standard InChI is InChI=1S/C17H21ClN2OS/c1-10(14-9-11-6-7-12(14)8-11)19-17(22)20-16(21)13-4-2-3-5-15(13)18/h2-5,10-12,14H,6-9H2,1H3,(H2,19,20,21,22)/t10-,11-,12-,14+/m0/s1. The number of carbonyl (C=O) groups is 1. The van der Waals surface area contributed by atoms with Crippen LogP contribution in [-0.2, 0) is 0 Å². The van der Waals surface area contributed by atoms with E-state index < -0.39 is 0 Å². The fraction of sp³-hybridized carbons (Fsp3) is 0.529. The summed E-state index contributed by atoms with van der Waals surface area (Å²) in [7, 11) is 0. The molecule has 3 nitrogen and oxygen atoms in total. The van der Waals surface area contributed by atoms with Crippen LogP contribution in [0.3, 0.4) is 0 Å². The van der Waals surface area contributed by atoms with Crippen molar-refractivity contribution in [1.82, 2.24) is 10.6 Å². The zero-order chi connectivity index (χ0) is 15.7. The maximum Gasteiger partial charge on any atom is 0.258 e. The molecule has 4 atom stereocenters. The Bertz CT molecular complexity index is 592. The van der Waals surface area contributed by atoms with Crippen molar-refractivity contribution in [1.29, 1.82) is 0 Å². The SMILES string of the molecule is C[C@H](NC(=S)NC(=O)c1ccccc1Cl)[C@H]1C[C@H]2CC[C@H]1C2. The summed E-state index contributed by atoms with van der Waals surface area (Å²) in [5, 5.41) is 6.84. The van der Waals surface area contributed by atoms with E-state index in [9.17, 15) is 4.79 Å². The van der Waals surface area contributed by atoms with E-state index in [0.29, 0.717) is 27.7 Å². The molecule has 0 aromatic heterocycles. The highest BCUT2D eigenvalue weighted by Crippen LogP contribution is 2.49. The average molecular weight is 337 g/mol. The first-order valence-electron chi connectivity index (χ1n) is 7.91. The van der Waals surface area contributed by atoms with Crippen LogP contribution in [0.25, 0.3) is 0 Å². The minimum Gasteiger partial charge on any atom is -0.360 e. The number of hydrogen-bond acceptors (Lipinski definition) is 2. The van der Waals surface area contributed by atoms with E-state index in [2.05, 4.69) is 17.6 Å². The molecule has 22 heavy (non-hydrogen) atoms. The van der Waals surface area contributed by atoms with Gasteiger partial charge in [-0.1, -0.05) is 30.2 Å². The van der Waals surface area contributed by atoms with Gasteiger partial charge in [-0.3, -0.25) is 10.1 Å². The normalized spacial score (nSPS) is 27.5. The molecule has 0 spiro atoms. The van der Waals surface area contributed by atoms with E-state index in [0.717, 1.165) is 11.8 Å². The highest BCUT2D eigenvalue weighted by Gasteiger charge is 2.41. The van der Waals surface area contributed by atoms with E-state index in [1.165, 1.54) is 25.7 Å². The third kappa shape index (κ3) is 3.28. The van der Waals surface area contributed by atoms with E-state index in [1.807, 2.05) is 0 Å². The molecule has 118 valence electrons. The van der Waals surface area contributed by atoms with Crippen LogP contribution in [0.1, 0.15) is 43.0 Å². The Hall–Kier alpha value is -1.13. The zero-order valence-corrected chi connectivity index (χ0v) is 14.2. The van der Waals surface area contributed by atoms with Crippen LogP contribution in [0.4, 0.5) is 0 Å². The second-order valence-electron chi connectivity index (χ2n) is 6.53. The van der Waals surface area contributed by atoms with Gasteiger partial charge in [-0.15, -0.1) is 0 Å². The van der Waals surface area contributed by atoms with Crippen LogP contribution in [0.5, 0.6) is 0 Å². The molecule has 2 fully saturated rings. The van der Waals surface area contributed by atoms with Gasteiger partial charge < -0.3 is 5.32 Å². The van der Waals surface area contributed by atoms with Gasteiger partial charge in [-0.05, 0) is 68.3 Å². The molecule has 1 aromatic rings. The molecule has 0 saturated heterocycles. The number of benzene rings is 1. The number of hydrogen-bond donors (Lipinski definition) is 2. The number of fused-ring (bicyclic) bond motifs is 2. The minimum atomic E-state index is -0.261. The molecule has 5 heteroatoms. The van der Waals surface area contributed by atoms with E-state index in [-0.39, 0.29) is 5.91 Å². The first kappa shape index (κ1) is 15.8. The smallest absolute Gasteiger partial charge is 0.258 e. The third-order valence-electron chi connectivity index (χ3n) is 5.14. The third-order valence-corrected chi connectivity index (χ3v) is 5.69. The lowest BCUT2D eigenvalue weighted by atomic mass is 9.84. The van der Waals surface area contributed by atoms with Crippen LogP contribution >= 0.6 is 23.8 Å². The van der Waals surface area contributed by atoms with Crippen molar-refractivity contribution in [3.8, 4) is 0 Å². The van der Waals surface area contributed by atoms with Gasteiger partial charge in [0.25, 0.3) is 5.91 Å². The molecule has 2 saturated carbocycles. The quantitative estimate of drug-likeness (QED) is 0.825. The van der Waals surface area contributed by atoms with Crippen LogP contribution < -0.4 is 10.6 Å². The summed E-state index contributed by atoms with van der Waals surface area (Å²) < 4.78 is 0. The lowest BCUT2D eigenvalue weighted by Gasteiger charge is -2.29. The molecule has 0 heterocycles. The van der Waals surface area contributed by atoms with Gasteiger partial charge in [-0.2, -0.15) is 0 Å². The largest absolute Gasteiger partial charge is 0.360 e. The van der Waals surface area contributed by atoms with Gasteiger partial charge in [0.15, 0.2) is 5.11 Å². The van der Waals surface area contributed by atoms with Crippen LogP contribution in [0.15, 0.2) is 24.3 Å². The summed E-state index contributed by atoms with van der Waals surface area (Å²) in [6.07, 6.45) is 5.40. The number of carbonyl (C=O) groups excluding carboxylic acids is 1. The van der Waals surface area contributed by atoms with Crippen molar-refractivity contribution in [3.63, 3.8) is 0 Å².